The zero-order valence-electron chi connectivity index (χ0n) is 21.0. The van der Waals surface area contributed by atoms with E-state index < -0.39 is 17.5 Å². The Morgan fingerprint density at radius 1 is 1.18 bits per heavy atom. The highest BCUT2D eigenvalue weighted by Crippen LogP contribution is 2.48. The Labute approximate surface area is 224 Å². The molecule has 0 bridgehead atoms. The molecular weight excluding hydrogens is 510 g/mol. The van der Waals surface area contributed by atoms with E-state index in [0.29, 0.717) is 48.2 Å². The SMILES string of the molecule is COc1cccc([C@H]2O[C@H](CCN3NN=C(C4(C(=O)O)CC4)N3)c3cccn3-c3ccc(Cl)cc32)c1OC. The molecule has 1 aromatic heterocycles. The minimum absolute atomic E-state index is 0.320. The average Bonchev–Trinajstić information content (AvgIpc) is 3.40. The summed E-state index contributed by atoms with van der Waals surface area (Å²) >= 11 is 6.48. The topological polar surface area (TPSA) is 110 Å². The Morgan fingerprint density at radius 3 is 2.76 bits per heavy atom. The number of fused-ring (bicyclic) bond motifs is 3. The zero-order valence-corrected chi connectivity index (χ0v) is 21.7. The number of hydrazone groups is 1. The Bertz CT molecular complexity index is 1420. The Balaban J connectivity index is 1.32. The number of hydrogen-bond donors (Lipinski definition) is 3. The fourth-order valence-electron chi connectivity index (χ4n) is 5.24. The van der Waals surface area contributed by atoms with Gasteiger partial charge in [0.15, 0.2) is 17.3 Å². The molecule has 198 valence electrons. The number of benzene rings is 2. The molecule has 3 N–H and O–H groups in total. The van der Waals surface area contributed by atoms with Gasteiger partial charge in [-0.05, 0) is 55.7 Å². The summed E-state index contributed by atoms with van der Waals surface area (Å²) < 4.78 is 20.3. The van der Waals surface area contributed by atoms with Crippen molar-refractivity contribution in [2.45, 2.75) is 31.5 Å². The Kier molecular flexibility index (Phi) is 6.17. The molecule has 3 heterocycles. The number of nitrogens with zero attached hydrogens (tertiary/aromatic N) is 3. The largest absolute Gasteiger partial charge is 0.493 e. The van der Waals surface area contributed by atoms with E-state index >= 15 is 0 Å². The number of aromatic nitrogens is 1. The third-order valence-electron chi connectivity index (χ3n) is 7.41. The third kappa shape index (κ3) is 4.05. The lowest BCUT2D eigenvalue weighted by Crippen LogP contribution is -2.45. The van der Waals surface area contributed by atoms with Crippen molar-refractivity contribution >= 4 is 23.4 Å². The van der Waals surface area contributed by atoms with Crippen molar-refractivity contribution in [3.63, 3.8) is 0 Å². The van der Waals surface area contributed by atoms with E-state index in [2.05, 4.69) is 20.6 Å². The van der Waals surface area contributed by atoms with Crippen LogP contribution in [0.25, 0.3) is 5.69 Å². The average molecular weight is 538 g/mol. The highest BCUT2D eigenvalue weighted by molar-refractivity contribution is 6.30. The summed E-state index contributed by atoms with van der Waals surface area (Å²) in [5.74, 6) is 0.792. The smallest absolute Gasteiger partial charge is 0.317 e. The third-order valence-corrected chi connectivity index (χ3v) is 7.64. The second-order valence-electron chi connectivity index (χ2n) is 9.59. The standard InChI is InChI=1S/C27H28ClN5O5/c1-36-22-7-3-5-17(24(22)37-2)23-18-15-16(28)8-9-19(18)32-13-4-6-20(32)21(38-23)10-14-33-30-25(29-31-33)27(11-12-27)26(34)35/h3-9,13,15,21,23,31H,10-12,14H2,1-2H3,(H,29,30)(H,34,35)/t21-,23-/m1/s1. The summed E-state index contributed by atoms with van der Waals surface area (Å²) in [6, 6.07) is 15.6. The van der Waals surface area contributed by atoms with Crippen LogP contribution in [0.4, 0.5) is 0 Å². The molecule has 1 aliphatic carbocycles. The molecule has 6 rings (SSSR count). The van der Waals surface area contributed by atoms with Gasteiger partial charge in [0, 0.05) is 28.9 Å². The van der Waals surface area contributed by atoms with Crippen molar-refractivity contribution in [1.29, 1.82) is 0 Å². The Morgan fingerprint density at radius 2 is 2.03 bits per heavy atom. The van der Waals surface area contributed by atoms with Gasteiger partial charge in [-0.15, -0.1) is 10.2 Å². The molecule has 1 fully saturated rings. The summed E-state index contributed by atoms with van der Waals surface area (Å²) in [7, 11) is 3.22. The van der Waals surface area contributed by atoms with Crippen LogP contribution in [0, 0.1) is 5.41 Å². The van der Waals surface area contributed by atoms with Gasteiger partial charge in [-0.3, -0.25) is 10.2 Å². The van der Waals surface area contributed by atoms with Gasteiger partial charge in [-0.2, -0.15) is 0 Å². The predicted molar refractivity (Wildman–Crippen MR) is 140 cm³/mol. The van der Waals surface area contributed by atoms with E-state index in [1.165, 1.54) is 0 Å². The first-order valence-electron chi connectivity index (χ1n) is 12.4. The molecular formula is C27H28ClN5O5. The maximum atomic E-state index is 11.7. The van der Waals surface area contributed by atoms with Gasteiger partial charge in [0.05, 0.1) is 25.6 Å². The minimum Gasteiger partial charge on any atom is -0.493 e. The molecule has 1 saturated carbocycles. The summed E-state index contributed by atoms with van der Waals surface area (Å²) in [5, 5.41) is 16.2. The van der Waals surface area contributed by atoms with E-state index in [1.54, 1.807) is 19.3 Å². The maximum absolute atomic E-state index is 11.7. The van der Waals surface area contributed by atoms with E-state index in [-0.39, 0.29) is 6.10 Å². The van der Waals surface area contributed by atoms with Crippen molar-refractivity contribution in [2.75, 3.05) is 20.8 Å². The molecule has 11 heteroatoms. The lowest BCUT2D eigenvalue weighted by atomic mass is 9.98. The minimum atomic E-state index is -0.913. The van der Waals surface area contributed by atoms with Crippen molar-refractivity contribution < 1.29 is 24.1 Å². The number of ether oxygens (including phenoxy) is 3. The molecule has 2 aliphatic heterocycles. The molecule has 0 radical (unpaired) electrons. The van der Waals surface area contributed by atoms with Crippen molar-refractivity contribution in [2.24, 2.45) is 10.5 Å². The number of halogens is 1. The molecule has 2 aromatic carbocycles. The fourth-order valence-corrected chi connectivity index (χ4v) is 5.43. The zero-order chi connectivity index (χ0) is 26.4. The lowest BCUT2D eigenvalue weighted by Gasteiger charge is -2.26. The van der Waals surface area contributed by atoms with Gasteiger partial charge in [-0.1, -0.05) is 23.7 Å². The quantitative estimate of drug-likeness (QED) is 0.392. The van der Waals surface area contributed by atoms with Crippen molar-refractivity contribution in [1.82, 2.24) is 20.6 Å². The number of methoxy groups -OCH3 is 2. The lowest BCUT2D eigenvalue weighted by molar-refractivity contribution is -0.140. The van der Waals surface area contributed by atoms with Crippen LogP contribution in [0.1, 0.15) is 48.3 Å². The van der Waals surface area contributed by atoms with Gasteiger partial charge >= 0.3 is 5.97 Å². The molecule has 3 aliphatic rings. The molecule has 3 aromatic rings. The van der Waals surface area contributed by atoms with Crippen LogP contribution in [-0.4, -0.2) is 47.4 Å². The number of hydrazine groups is 2. The van der Waals surface area contributed by atoms with Crippen molar-refractivity contribution in [3.05, 3.63) is 76.6 Å². The summed E-state index contributed by atoms with van der Waals surface area (Å²) in [4.78, 5) is 11.7. The van der Waals surface area contributed by atoms with Crippen LogP contribution in [0.2, 0.25) is 5.02 Å². The van der Waals surface area contributed by atoms with Gasteiger partial charge < -0.3 is 23.9 Å². The number of aliphatic carboxylic acids is 1. The number of nitrogens with one attached hydrogen (secondary N) is 2. The van der Waals surface area contributed by atoms with Crippen LogP contribution in [0.5, 0.6) is 11.5 Å². The van der Waals surface area contributed by atoms with Gasteiger partial charge in [0.25, 0.3) is 0 Å². The number of para-hydroxylation sites is 1. The van der Waals surface area contributed by atoms with Gasteiger partial charge in [0.2, 0.25) is 0 Å². The molecule has 10 nitrogen and oxygen atoms in total. The van der Waals surface area contributed by atoms with E-state index in [9.17, 15) is 9.90 Å². The molecule has 0 spiro atoms. The molecule has 38 heavy (non-hydrogen) atoms. The number of rotatable bonds is 8. The van der Waals surface area contributed by atoms with Crippen LogP contribution in [0.3, 0.4) is 0 Å². The normalized spacial score (nSPS) is 21.3. The first-order chi connectivity index (χ1) is 18.4. The van der Waals surface area contributed by atoms with E-state index in [4.69, 9.17) is 25.8 Å². The van der Waals surface area contributed by atoms with Gasteiger partial charge in [-0.25, -0.2) is 5.53 Å². The predicted octanol–water partition coefficient (Wildman–Crippen LogP) is 4.20. The molecule has 0 saturated heterocycles. The molecule has 0 amide bonds. The first-order valence-corrected chi connectivity index (χ1v) is 12.8. The number of carboxylic acids is 1. The van der Waals surface area contributed by atoms with Crippen LogP contribution >= 0.6 is 11.6 Å². The highest BCUT2D eigenvalue weighted by Gasteiger charge is 2.56. The van der Waals surface area contributed by atoms with Crippen LogP contribution in [0.15, 0.2) is 59.8 Å². The monoisotopic (exact) mass is 537 g/mol. The van der Waals surface area contributed by atoms with E-state index in [0.717, 1.165) is 22.5 Å². The van der Waals surface area contributed by atoms with Gasteiger partial charge in [0.1, 0.15) is 17.6 Å². The highest BCUT2D eigenvalue weighted by atomic mass is 35.5. The molecule has 0 unspecified atom stereocenters. The Hall–Kier alpha value is -3.73. The number of hydrogen-bond acceptors (Lipinski definition) is 8. The summed E-state index contributed by atoms with van der Waals surface area (Å²) in [6.07, 6.45) is 2.94. The summed E-state index contributed by atoms with van der Waals surface area (Å²) in [5.41, 5.74) is 8.81. The summed E-state index contributed by atoms with van der Waals surface area (Å²) in [6.45, 7) is 0.498. The second-order valence-corrected chi connectivity index (χ2v) is 10.0. The first kappa shape index (κ1) is 24.6. The van der Waals surface area contributed by atoms with Crippen LogP contribution in [-0.2, 0) is 9.53 Å². The molecule has 2 atom stereocenters. The van der Waals surface area contributed by atoms with Crippen molar-refractivity contribution in [3.8, 4) is 17.2 Å². The van der Waals surface area contributed by atoms with E-state index in [1.807, 2.05) is 54.7 Å². The van der Waals surface area contributed by atoms with Crippen LogP contribution < -0.4 is 20.4 Å². The fraction of sp³-hybridized carbons (Fsp3) is 0.333. The number of amidine groups is 1. The number of carbonyl (C=O) groups is 1. The number of carboxylic acid groups (broad SMARTS) is 1. The maximum Gasteiger partial charge on any atom is 0.317 e. The second kappa shape index (κ2) is 9.54.